The average molecular weight is 866 g/mol. The molecule has 0 bridgehead atoms. The van der Waals surface area contributed by atoms with E-state index in [1.165, 1.54) is 24.9 Å². The normalized spacial score (nSPS) is 21.0. The lowest BCUT2D eigenvalue weighted by Gasteiger charge is -2.30. The lowest BCUT2D eigenvalue weighted by Crippen LogP contribution is -2.52. The van der Waals surface area contributed by atoms with Gasteiger partial charge >= 0.3 is 0 Å². The van der Waals surface area contributed by atoms with Crippen molar-refractivity contribution in [3.8, 4) is 17.6 Å². The van der Waals surface area contributed by atoms with Crippen molar-refractivity contribution in [3.63, 3.8) is 0 Å². The van der Waals surface area contributed by atoms with E-state index in [1.807, 2.05) is 19.9 Å². The van der Waals surface area contributed by atoms with Crippen LogP contribution >= 0.6 is 0 Å². The largest absolute Gasteiger partial charge is 0.495 e. The molecule has 1 unspecified atom stereocenters. The molecule has 2 atom stereocenters. The number of piperidine rings is 1. The maximum absolute atomic E-state index is 13.3. The second kappa shape index (κ2) is 22.5. The third-order valence-electron chi connectivity index (χ3n) is 12.4. The molecular formula is C47H63N9O7. The number of imide groups is 1. The van der Waals surface area contributed by atoms with Crippen LogP contribution < -0.4 is 37.1 Å². The van der Waals surface area contributed by atoms with E-state index in [4.69, 9.17) is 15.2 Å². The molecule has 0 aromatic heterocycles. The van der Waals surface area contributed by atoms with Crippen molar-refractivity contribution < 1.29 is 33.4 Å². The van der Waals surface area contributed by atoms with Gasteiger partial charge in [-0.05, 0) is 94.2 Å². The van der Waals surface area contributed by atoms with Crippen LogP contribution in [0.25, 0.3) is 0 Å². The van der Waals surface area contributed by atoms with Crippen LogP contribution in [0, 0.1) is 11.8 Å². The summed E-state index contributed by atoms with van der Waals surface area (Å²) in [6, 6.07) is 10.4. The molecule has 2 aliphatic heterocycles. The van der Waals surface area contributed by atoms with Crippen LogP contribution in [0.2, 0.25) is 0 Å². The fraction of sp³-hybridized carbons (Fsp3) is 0.532. The number of amides is 5. The number of fused-ring (bicyclic) bond motifs is 1. The Labute approximate surface area is 370 Å². The van der Waals surface area contributed by atoms with Crippen LogP contribution in [0.5, 0.6) is 5.75 Å². The van der Waals surface area contributed by atoms with E-state index in [0.29, 0.717) is 79.4 Å². The number of methoxy groups -OCH3 is 1. The van der Waals surface area contributed by atoms with Gasteiger partial charge in [-0.2, -0.15) is 0 Å². The maximum atomic E-state index is 13.3. The number of nitrogens with one attached hydrogen (secondary N) is 5. The van der Waals surface area contributed by atoms with Crippen LogP contribution in [0.15, 0.2) is 53.3 Å². The van der Waals surface area contributed by atoms with Gasteiger partial charge in [0.2, 0.25) is 17.7 Å². The van der Waals surface area contributed by atoms with Crippen molar-refractivity contribution in [3.05, 3.63) is 70.5 Å². The zero-order valence-electron chi connectivity index (χ0n) is 37.0. The van der Waals surface area contributed by atoms with E-state index in [-0.39, 0.29) is 54.6 Å². The van der Waals surface area contributed by atoms with Gasteiger partial charge in [-0.1, -0.05) is 37.7 Å². The Balaban J connectivity index is 0.871. The molecule has 2 aliphatic carbocycles. The number of nitrogens with two attached hydrogens (primary N) is 1. The lowest BCUT2D eigenvalue weighted by molar-refractivity contribution is -0.137. The molecule has 3 fully saturated rings. The SMILES string of the molecule is CC[C@@H](NC1CCCC1)C(=O)N(C)/C(C)=C/N=C(N)Nc1ccc(C(=O)NC2CCC(NCCOCCC#Cc3cccc4c3CN(C3CCC(=O)NC3=O)C4=O)CC2)cc1OC. The number of hydrogen-bond acceptors (Lipinski definition) is 10. The highest BCUT2D eigenvalue weighted by molar-refractivity contribution is 6.05. The first-order valence-electron chi connectivity index (χ1n) is 22.3. The molecule has 2 heterocycles. The molecule has 7 N–H and O–H groups in total. The third kappa shape index (κ3) is 12.5. The summed E-state index contributed by atoms with van der Waals surface area (Å²) < 4.78 is 11.4. The molecule has 2 saturated carbocycles. The second-order valence-electron chi connectivity index (χ2n) is 16.7. The molecule has 6 rings (SSSR count). The fourth-order valence-electron chi connectivity index (χ4n) is 8.64. The summed E-state index contributed by atoms with van der Waals surface area (Å²) in [5, 5.41) is 15.6. The average Bonchev–Trinajstić information content (AvgIpc) is 3.93. The Morgan fingerprint density at radius 3 is 2.52 bits per heavy atom. The lowest BCUT2D eigenvalue weighted by atomic mass is 9.91. The van der Waals surface area contributed by atoms with Gasteiger partial charge in [-0.3, -0.25) is 29.3 Å². The predicted octanol–water partition coefficient (Wildman–Crippen LogP) is 3.90. The Kier molecular flexibility index (Phi) is 16.7. The highest BCUT2D eigenvalue weighted by Crippen LogP contribution is 2.30. The summed E-state index contributed by atoms with van der Waals surface area (Å²) in [5.41, 5.74) is 10.0. The standard InChI is InChI=1S/C47H63N9O7/c1-5-38(51-34-13-6-7-14-34)46(61)55(3)30(2)28-50-47(48)53-39-21-16-32(27-41(39)62-4)43(58)52-35-19-17-33(18-20-35)49-24-26-63-25-9-8-11-31-12-10-15-36-37(31)29-56(45(36)60)40-22-23-42(57)54-44(40)59/h10,12,15-16,21,27-28,33-35,38,40,49,51H,5-7,9,13-14,17-20,22-26,29H2,1-4H3,(H,52,58)(H3,48,50,53)(H,54,57,59)/b30-28+/t33?,35?,38-,40?/m1/s1. The van der Waals surface area contributed by atoms with Gasteiger partial charge in [-0.15, -0.1) is 0 Å². The molecule has 338 valence electrons. The van der Waals surface area contributed by atoms with Crippen LogP contribution in [0.1, 0.15) is 123 Å². The number of nitrogens with zero attached hydrogens (tertiary/aromatic N) is 3. The summed E-state index contributed by atoms with van der Waals surface area (Å²) in [4.78, 5) is 71.0. The fourth-order valence-corrected chi connectivity index (χ4v) is 8.64. The Hall–Kier alpha value is -5.76. The number of carbonyl (C=O) groups is 5. The van der Waals surface area contributed by atoms with Crippen molar-refractivity contribution in [2.75, 3.05) is 39.2 Å². The maximum Gasteiger partial charge on any atom is 0.255 e. The van der Waals surface area contributed by atoms with Crippen molar-refractivity contribution in [2.24, 2.45) is 10.7 Å². The number of carbonyl (C=O) groups excluding carboxylic acids is 5. The van der Waals surface area contributed by atoms with Crippen molar-refractivity contribution in [2.45, 2.75) is 128 Å². The monoisotopic (exact) mass is 865 g/mol. The number of hydrogen-bond donors (Lipinski definition) is 6. The summed E-state index contributed by atoms with van der Waals surface area (Å²) in [6.07, 6.45) is 11.5. The summed E-state index contributed by atoms with van der Waals surface area (Å²) in [7, 11) is 3.27. The number of anilines is 1. The molecule has 4 aliphatic rings. The van der Waals surface area contributed by atoms with Crippen LogP contribution in [0.4, 0.5) is 5.69 Å². The van der Waals surface area contributed by atoms with E-state index in [1.54, 1.807) is 48.5 Å². The number of rotatable bonds is 17. The first-order valence-corrected chi connectivity index (χ1v) is 22.3. The quantitative estimate of drug-likeness (QED) is 0.0442. The second-order valence-corrected chi connectivity index (χ2v) is 16.7. The highest BCUT2D eigenvalue weighted by atomic mass is 16.5. The van der Waals surface area contributed by atoms with Crippen LogP contribution in [0.3, 0.4) is 0 Å². The molecule has 16 heteroatoms. The summed E-state index contributed by atoms with van der Waals surface area (Å²) in [5.74, 6) is 5.75. The zero-order chi connectivity index (χ0) is 44.9. The highest BCUT2D eigenvalue weighted by Gasteiger charge is 2.39. The molecule has 16 nitrogen and oxygen atoms in total. The number of benzene rings is 2. The minimum absolute atomic E-state index is 0.00282. The summed E-state index contributed by atoms with van der Waals surface area (Å²) >= 11 is 0. The topological polar surface area (TPSA) is 209 Å². The first kappa shape index (κ1) is 46.7. The molecule has 0 radical (unpaired) electrons. The number of ether oxygens (including phenoxy) is 2. The van der Waals surface area contributed by atoms with Gasteiger partial charge < -0.3 is 46.3 Å². The van der Waals surface area contributed by atoms with E-state index in [9.17, 15) is 24.0 Å². The third-order valence-corrected chi connectivity index (χ3v) is 12.4. The van der Waals surface area contributed by atoms with E-state index in [2.05, 4.69) is 43.4 Å². The first-order chi connectivity index (χ1) is 30.4. The molecule has 5 amide bonds. The number of allylic oxidation sites excluding steroid dienone is 1. The minimum atomic E-state index is -0.659. The van der Waals surface area contributed by atoms with Crippen molar-refractivity contribution in [1.29, 1.82) is 0 Å². The smallest absolute Gasteiger partial charge is 0.255 e. The van der Waals surface area contributed by atoms with Gasteiger partial charge in [0, 0.05) is 73.5 Å². The van der Waals surface area contributed by atoms with Crippen molar-refractivity contribution in [1.82, 2.24) is 31.1 Å². The molecule has 0 spiro atoms. The predicted molar refractivity (Wildman–Crippen MR) is 241 cm³/mol. The van der Waals surface area contributed by atoms with E-state index >= 15 is 0 Å². The molecular weight excluding hydrogens is 803 g/mol. The van der Waals surface area contributed by atoms with Gasteiger partial charge in [0.1, 0.15) is 11.8 Å². The van der Waals surface area contributed by atoms with E-state index < -0.39 is 11.9 Å². The Morgan fingerprint density at radius 2 is 1.79 bits per heavy atom. The van der Waals surface area contributed by atoms with Gasteiger partial charge in [0.15, 0.2) is 5.96 Å². The number of aliphatic imine (C=N–C) groups is 1. The van der Waals surface area contributed by atoms with Gasteiger partial charge in [0.05, 0.1) is 38.3 Å². The summed E-state index contributed by atoms with van der Waals surface area (Å²) in [6.45, 7) is 5.85. The molecule has 1 saturated heterocycles. The number of likely N-dealkylation sites (N-methyl/N-ethyl adjacent to an activating group) is 1. The zero-order valence-corrected chi connectivity index (χ0v) is 37.0. The molecule has 2 aromatic carbocycles. The van der Waals surface area contributed by atoms with Crippen LogP contribution in [-0.4, -0.2) is 109 Å². The van der Waals surface area contributed by atoms with E-state index in [0.717, 1.165) is 49.7 Å². The Morgan fingerprint density at radius 1 is 1.03 bits per heavy atom. The minimum Gasteiger partial charge on any atom is -0.495 e. The van der Waals surface area contributed by atoms with Crippen LogP contribution in [-0.2, 0) is 25.7 Å². The van der Waals surface area contributed by atoms with Crippen molar-refractivity contribution >= 4 is 41.2 Å². The molecule has 2 aromatic rings. The van der Waals surface area contributed by atoms with Gasteiger partial charge in [-0.25, -0.2) is 4.99 Å². The Bertz CT molecular complexity index is 2110. The molecule has 63 heavy (non-hydrogen) atoms. The van der Waals surface area contributed by atoms with Gasteiger partial charge in [0.25, 0.3) is 11.8 Å². The number of guanidine groups is 1.